The Labute approximate surface area is 161 Å². The highest BCUT2D eigenvalue weighted by atomic mass is 16.6. The van der Waals surface area contributed by atoms with Crippen molar-refractivity contribution in [2.45, 2.75) is 84.0 Å². The van der Waals surface area contributed by atoms with Crippen LogP contribution in [0.2, 0.25) is 0 Å². The van der Waals surface area contributed by atoms with Crippen LogP contribution in [0.3, 0.4) is 0 Å². The molecule has 0 N–H and O–H groups in total. The van der Waals surface area contributed by atoms with Gasteiger partial charge in [0.25, 0.3) is 0 Å². The third-order valence-corrected chi connectivity index (χ3v) is 4.09. The molecule has 0 saturated carbocycles. The van der Waals surface area contributed by atoms with Crippen LogP contribution in [-0.4, -0.2) is 16.1 Å². The van der Waals surface area contributed by atoms with Crippen LogP contribution in [0, 0.1) is 20.2 Å². The summed E-state index contributed by atoms with van der Waals surface area (Å²) in [7, 11) is 0. The van der Waals surface area contributed by atoms with Gasteiger partial charge in [0, 0.05) is 6.42 Å². The Hall–Kier alpha value is -2.31. The van der Waals surface area contributed by atoms with Crippen LogP contribution >= 0.6 is 0 Å². The van der Waals surface area contributed by atoms with Crippen LogP contribution in [0.4, 0.5) is 0 Å². The molecule has 0 aromatic heterocycles. The maximum absolute atomic E-state index is 11.1. The van der Waals surface area contributed by atoms with E-state index in [0.29, 0.717) is 19.3 Å². The van der Waals surface area contributed by atoms with Gasteiger partial charge in [-0.2, -0.15) is 0 Å². The number of nitro groups is 2. The summed E-state index contributed by atoms with van der Waals surface area (Å²) in [4.78, 5) is 31.4. The number of hydrogen-bond acceptors (Lipinski definition) is 5. The molecule has 0 rings (SSSR count). The van der Waals surface area contributed by atoms with Crippen molar-refractivity contribution in [3.8, 4) is 0 Å². The average molecular weight is 379 g/mol. The predicted molar refractivity (Wildman–Crippen MR) is 106 cm³/mol. The zero-order valence-electron chi connectivity index (χ0n) is 16.2. The number of rotatable bonds is 17. The highest BCUT2D eigenvalue weighted by Gasteiger charge is 2.09. The topological polar surface area (TPSA) is 103 Å². The summed E-state index contributed by atoms with van der Waals surface area (Å²) in [5, 5.41) is 22.1. The minimum absolute atomic E-state index is 0.113. The minimum atomic E-state index is -0.402. The zero-order chi connectivity index (χ0) is 20.3. The number of hydrogen-bond donors (Lipinski definition) is 0. The molecule has 0 saturated heterocycles. The van der Waals surface area contributed by atoms with Crippen LogP contribution in [0.1, 0.15) is 84.0 Å². The van der Waals surface area contributed by atoms with Crippen molar-refractivity contribution in [3.63, 3.8) is 0 Å². The van der Waals surface area contributed by atoms with Crippen LogP contribution in [0.5, 0.6) is 0 Å². The number of carbonyl (C=O) groups excluding carboxylic acids is 1. The highest BCUT2D eigenvalue weighted by molar-refractivity contribution is 5.50. The van der Waals surface area contributed by atoms with Gasteiger partial charge in [-0.15, -0.1) is 0 Å². The standard InChI is InChI=1S/C20H31N2O5/c1-2-3-4-9-14-19(21(24)25)16-11-12-17-20(22(26)27)15-10-7-5-6-8-13-18-23/h11-12,14-15H,2-10,13,16-17H2,1H3/b12-11-,19-14+,20-15+. The summed E-state index contributed by atoms with van der Waals surface area (Å²) in [6.45, 7) is 2.08. The molecule has 0 aliphatic heterocycles. The van der Waals surface area contributed by atoms with Gasteiger partial charge in [0.15, 0.2) is 6.29 Å². The molecule has 0 amide bonds. The Morgan fingerprint density at radius 3 is 1.74 bits per heavy atom. The molecule has 0 unspecified atom stereocenters. The molecule has 151 valence electrons. The van der Waals surface area contributed by atoms with Crippen molar-refractivity contribution >= 4 is 6.29 Å². The van der Waals surface area contributed by atoms with E-state index in [1.54, 1.807) is 24.3 Å². The SMILES string of the molecule is CCCCC/C=C(\C/C=C\C/C(=C\CCCCCC[C]=O)[N+](=O)[O-])[N+](=O)[O-]. The van der Waals surface area contributed by atoms with Gasteiger partial charge in [0.1, 0.15) is 0 Å². The van der Waals surface area contributed by atoms with E-state index in [0.717, 1.165) is 44.9 Å². The molecule has 7 nitrogen and oxygen atoms in total. The number of nitrogens with zero attached hydrogens (tertiary/aromatic N) is 2. The molecule has 0 bridgehead atoms. The Kier molecular flexibility index (Phi) is 15.7. The van der Waals surface area contributed by atoms with Gasteiger partial charge in [0.2, 0.25) is 11.4 Å². The van der Waals surface area contributed by atoms with Crippen molar-refractivity contribution in [2.24, 2.45) is 0 Å². The lowest BCUT2D eigenvalue weighted by Crippen LogP contribution is -1.99. The Bertz CT molecular complexity index is 538. The minimum Gasteiger partial charge on any atom is -0.291 e. The molecule has 0 aromatic carbocycles. The summed E-state index contributed by atoms with van der Waals surface area (Å²) in [5.74, 6) is 0. The molecule has 0 heterocycles. The third-order valence-electron chi connectivity index (χ3n) is 4.09. The lowest BCUT2D eigenvalue weighted by molar-refractivity contribution is -0.427. The average Bonchev–Trinajstić information content (AvgIpc) is 2.63. The van der Waals surface area contributed by atoms with Gasteiger partial charge in [-0.05, 0) is 44.3 Å². The Balaban J connectivity index is 4.36. The van der Waals surface area contributed by atoms with Gasteiger partial charge in [-0.3, -0.25) is 25.0 Å². The van der Waals surface area contributed by atoms with E-state index in [2.05, 4.69) is 6.92 Å². The van der Waals surface area contributed by atoms with Crippen molar-refractivity contribution in [3.05, 3.63) is 55.9 Å². The molecule has 0 aliphatic carbocycles. The first kappa shape index (κ1) is 24.7. The second-order valence-corrected chi connectivity index (χ2v) is 6.38. The van der Waals surface area contributed by atoms with Crippen LogP contribution in [0.25, 0.3) is 0 Å². The van der Waals surface area contributed by atoms with E-state index in [-0.39, 0.29) is 29.2 Å². The van der Waals surface area contributed by atoms with Crippen molar-refractivity contribution in [1.29, 1.82) is 0 Å². The zero-order valence-corrected chi connectivity index (χ0v) is 16.2. The second-order valence-electron chi connectivity index (χ2n) is 6.38. The maximum atomic E-state index is 11.1. The second kappa shape index (κ2) is 17.1. The van der Waals surface area contributed by atoms with Crippen molar-refractivity contribution in [2.75, 3.05) is 0 Å². The molecule has 0 aliphatic rings. The fraction of sp³-hybridized carbons (Fsp3) is 0.650. The fourth-order valence-electron chi connectivity index (χ4n) is 2.50. The summed E-state index contributed by atoms with van der Waals surface area (Å²) < 4.78 is 0. The number of allylic oxidation sites excluding steroid dienone is 4. The summed E-state index contributed by atoms with van der Waals surface area (Å²) in [6.07, 6.45) is 17.0. The first-order chi connectivity index (χ1) is 13.0. The molecule has 1 radical (unpaired) electrons. The van der Waals surface area contributed by atoms with Crippen molar-refractivity contribution < 1.29 is 14.6 Å². The van der Waals surface area contributed by atoms with E-state index in [9.17, 15) is 25.0 Å². The summed E-state index contributed by atoms with van der Waals surface area (Å²) in [5.41, 5.74) is 0.253. The fourth-order valence-corrected chi connectivity index (χ4v) is 2.50. The molecule has 7 heteroatoms. The summed E-state index contributed by atoms with van der Waals surface area (Å²) >= 11 is 0. The number of unbranched alkanes of at least 4 members (excludes halogenated alkanes) is 8. The lowest BCUT2D eigenvalue weighted by Gasteiger charge is -1.98. The monoisotopic (exact) mass is 379 g/mol. The Morgan fingerprint density at radius 1 is 0.815 bits per heavy atom. The van der Waals surface area contributed by atoms with Gasteiger partial charge in [-0.1, -0.05) is 44.8 Å². The Morgan fingerprint density at radius 2 is 1.30 bits per heavy atom. The summed E-state index contributed by atoms with van der Waals surface area (Å²) in [6, 6.07) is 0. The molecule has 0 spiro atoms. The smallest absolute Gasteiger partial charge is 0.246 e. The molecule has 0 atom stereocenters. The van der Waals surface area contributed by atoms with E-state index in [4.69, 9.17) is 0 Å². The first-order valence-electron chi connectivity index (χ1n) is 9.69. The largest absolute Gasteiger partial charge is 0.291 e. The van der Waals surface area contributed by atoms with Gasteiger partial charge in [-0.25, -0.2) is 0 Å². The van der Waals surface area contributed by atoms with Crippen LogP contribution in [0.15, 0.2) is 35.7 Å². The van der Waals surface area contributed by atoms with E-state index >= 15 is 0 Å². The quantitative estimate of drug-likeness (QED) is 0.140. The predicted octanol–water partition coefficient (Wildman–Crippen LogP) is 5.67. The maximum Gasteiger partial charge on any atom is 0.246 e. The molecular formula is C20H31N2O5. The molecular weight excluding hydrogens is 348 g/mol. The highest BCUT2D eigenvalue weighted by Crippen LogP contribution is 2.12. The van der Waals surface area contributed by atoms with Crippen LogP contribution < -0.4 is 0 Å². The van der Waals surface area contributed by atoms with Gasteiger partial charge >= 0.3 is 0 Å². The van der Waals surface area contributed by atoms with E-state index < -0.39 is 4.92 Å². The van der Waals surface area contributed by atoms with Gasteiger partial charge < -0.3 is 0 Å². The third kappa shape index (κ3) is 14.5. The van der Waals surface area contributed by atoms with E-state index in [1.165, 1.54) is 0 Å². The molecule has 0 aromatic rings. The first-order valence-corrected chi connectivity index (χ1v) is 9.69. The molecule has 27 heavy (non-hydrogen) atoms. The van der Waals surface area contributed by atoms with Crippen molar-refractivity contribution in [1.82, 2.24) is 0 Å². The van der Waals surface area contributed by atoms with Crippen LogP contribution in [-0.2, 0) is 4.79 Å². The van der Waals surface area contributed by atoms with Gasteiger partial charge in [0.05, 0.1) is 22.7 Å². The normalized spacial score (nSPS) is 12.5. The lowest BCUT2D eigenvalue weighted by atomic mass is 10.1. The molecule has 0 fully saturated rings. The van der Waals surface area contributed by atoms with E-state index in [1.807, 2.05) is 6.29 Å².